The van der Waals surface area contributed by atoms with Crippen molar-refractivity contribution in [2.45, 2.75) is 11.4 Å². The molecule has 0 atom stereocenters. The SMILES string of the molecule is O=C1S/C(=C\c2ccc(OS(=O)(=O)c3ccc4ccccc4c3)cc2)C(=O)N1Cc1cccc(Cl)c1. The Labute approximate surface area is 217 Å². The third-order valence-electron chi connectivity index (χ3n) is 5.50. The molecule has 1 fully saturated rings. The van der Waals surface area contributed by atoms with Crippen molar-refractivity contribution in [1.29, 1.82) is 0 Å². The fourth-order valence-electron chi connectivity index (χ4n) is 3.72. The second-order valence-corrected chi connectivity index (χ2v) is 11.0. The summed E-state index contributed by atoms with van der Waals surface area (Å²) < 4.78 is 30.8. The van der Waals surface area contributed by atoms with E-state index in [1.54, 1.807) is 54.6 Å². The molecule has 0 aromatic heterocycles. The van der Waals surface area contributed by atoms with Crippen LogP contribution in [-0.2, 0) is 21.5 Å². The van der Waals surface area contributed by atoms with Gasteiger partial charge < -0.3 is 4.18 Å². The Hall–Kier alpha value is -3.59. The van der Waals surface area contributed by atoms with Crippen molar-refractivity contribution >= 4 is 61.5 Å². The molecule has 0 N–H and O–H groups in total. The van der Waals surface area contributed by atoms with Gasteiger partial charge in [-0.15, -0.1) is 0 Å². The standard InChI is InChI=1S/C27H18ClNO5S2/c28-22-7-3-4-19(14-22)17-29-26(30)25(35-27(29)31)15-18-8-11-23(12-9-18)34-36(32,33)24-13-10-20-5-1-2-6-21(20)16-24/h1-16H,17H2/b25-15-. The van der Waals surface area contributed by atoms with Gasteiger partial charge in [-0.25, -0.2) is 0 Å². The molecule has 4 aromatic rings. The van der Waals surface area contributed by atoms with Crippen LogP contribution in [0.5, 0.6) is 5.75 Å². The minimum Gasteiger partial charge on any atom is -0.379 e. The van der Waals surface area contributed by atoms with Gasteiger partial charge in [0.25, 0.3) is 11.1 Å². The Morgan fingerprint density at radius 1 is 0.861 bits per heavy atom. The molecule has 5 rings (SSSR count). The summed E-state index contributed by atoms with van der Waals surface area (Å²) in [6, 6.07) is 25.5. The highest BCUT2D eigenvalue weighted by Crippen LogP contribution is 2.34. The van der Waals surface area contributed by atoms with E-state index in [9.17, 15) is 18.0 Å². The Morgan fingerprint density at radius 2 is 1.61 bits per heavy atom. The Morgan fingerprint density at radius 3 is 2.36 bits per heavy atom. The highest BCUT2D eigenvalue weighted by Gasteiger charge is 2.35. The number of imide groups is 1. The van der Waals surface area contributed by atoms with E-state index in [-0.39, 0.29) is 27.3 Å². The largest absolute Gasteiger partial charge is 0.379 e. The lowest BCUT2D eigenvalue weighted by atomic mass is 10.1. The summed E-state index contributed by atoms with van der Waals surface area (Å²) in [5.41, 5.74) is 1.37. The molecule has 0 aliphatic carbocycles. The molecule has 1 aliphatic rings. The fourth-order valence-corrected chi connectivity index (χ4v) is 5.74. The molecule has 36 heavy (non-hydrogen) atoms. The van der Waals surface area contributed by atoms with Crippen LogP contribution < -0.4 is 4.18 Å². The highest BCUT2D eigenvalue weighted by molar-refractivity contribution is 8.18. The van der Waals surface area contributed by atoms with Crippen LogP contribution in [-0.4, -0.2) is 24.5 Å². The normalized spacial score (nSPS) is 15.1. The quantitative estimate of drug-likeness (QED) is 0.207. The molecule has 1 heterocycles. The molecule has 180 valence electrons. The smallest absolute Gasteiger partial charge is 0.339 e. The van der Waals surface area contributed by atoms with Crippen molar-refractivity contribution in [2.75, 3.05) is 0 Å². The zero-order valence-electron chi connectivity index (χ0n) is 18.6. The Kier molecular flexibility index (Phi) is 6.57. The van der Waals surface area contributed by atoms with Crippen LogP contribution in [0, 0.1) is 0 Å². The Bertz CT molecular complexity index is 1630. The van der Waals surface area contributed by atoms with Crippen LogP contribution in [0.3, 0.4) is 0 Å². The van der Waals surface area contributed by atoms with Gasteiger partial charge >= 0.3 is 10.1 Å². The lowest BCUT2D eigenvalue weighted by Gasteiger charge is -2.12. The number of rotatable bonds is 6. The van der Waals surface area contributed by atoms with Crippen molar-refractivity contribution < 1.29 is 22.2 Å². The van der Waals surface area contributed by atoms with Crippen LogP contribution in [0.2, 0.25) is 5.02 Å². The van der Waals surface area contributed by atoms with Crippen LogP contribution in [0.1, 0.15) is 11.1 Å². The molecule has 0 spiro atoms. The lowest BCUT2D eigenvalue weighted by molar-refractivity contribution is -0.123. The van der Waals surface area contributed by atoms with Crippen molar-refractivity contribution in [2.24, 2.45) is 0 Å². The van der Waals surface area contributed by atoms with Gasteiger partial charge in [0.1, 0.15) is 10.6 Å². The van der Waals surface area contributed by atoms with Gasteiger partial charge in [0.2, 0.25) is 0 Å². The molecule has 1 saturated heterocycles. The summed E-state index contributed by atoms with van der Waals surface area (Å²) >= 11 is 6.85. The number of fused-ring (bicyclic) bond motifs is 1. The van der Waals surface area contributed by atoms with Gasteiger partial charge in [-0.05, 0) is 76.1 Å². The molecular weight excluding hydrogens is 518 g/mol. The molecule has 9 heteroatoms. The first-order chi connectivity index (χ1) is 17.3. The molecule has 1 aliphatic heterocycles. The number of benzene rings is 4. The molecule has 0 radical (unpaired) electrons. The number of hydrogen-bond acceptors (Lipinski definition) is 6. The maximum absolute atomic E-state index is 12.8. The summed E-state index contributed by atoms with van der Waals surface area (Å²) in [4.78, 5) is 26.7. The molecule has 6 nitrogen and oxygen atoms in total. The fraction of sp³-hybridized carbons (Fsp3) is 0.0370. The van der Waals surface area contributed by atoms with Gasteiger partial charge in [0, 0.05) is 5.02 Å². The number of halogens is 1. The van der Waals surface area contributed by atoms with E-state index >= 15 is 0 Å². The number of carbonyl (C=O) groups is 2. The van der Waals surface area contributed by atoms with E-state index in [1.807, 2.05) is 24.3 Å². The first-order valence-electron chi connectivity index (χ1n) is 10.8. The van der Waals surface area contributed by atoms with Gasteiger partial charge in [-0.2, -0.15) is 8.42 Å². The van der Waals surface area contributed by atoms with Gasteiger partial charge in [-0.3, -0.25) is 14.5 Å². The third kappa shape index (κ3) is 5.16. The predicted molar refractivity (Wildman–Crippen MR) is 141 cm³/mol. The minimum absolute atomic E-state index is 0.0543. The Balaban J connectivity index is 1.30. The minimum atomic E-state index is -4.03. The number of nitrogens with zero attached hydrogens (tertiary/aromatic N) is 1. The lowest BCUT2D eigenvalue weighted by Crippen LogP contribution is -2.27. The first-order valence-corrected chi connectivity index (χ1v) is 13.4. The highest BCUT2D eigenvalue weighted by atomic mass is 35.5. The molecule has 0 unspecified atom stereocenters. The van der Waals surface area contributed by atoms with E-state index in [0.717, 1.165) is 33.0 Å². The number of carbonyl (C=O) groups excluding carboxylic acids is 2. The summed E-state index contributed by atoms with van der Waals surface area (Å²) in [5.74, 6) is -0.265. The van der Waals surface area contributed by atoms with Gasteiger partial charge in [0.05, 0.1) is 11.4 Å². The second-order valence-electron chi connectivity index (χ2n) is 8.01. The monoisotopic (exact) mass is 535 g/mol. The maximum Gasteiger partial charge on any atom is 0.339 e. The van der Waals surface area contributed by atoms with E-state index in [4.69, 9.17) is 15.8 Å². The molecule has 4 aromatic carbocycles. The summed E-state index contributed by atoms with van der Waals surface area (Å²) in [7, 11) is -4.03. The topological polar surface area (TPSA) is 80.8 Å². The van der Waals surface area contributed by atoms with E-state index in [0.29, 0.717) is 10.6 Å². The van der Waals surface area contributed by atoms with Crippen LogP contribution in [0.25, 0.3) is 16.8 Å². The molecule has 2 amide bonds. The summed E-state index contributed by atoms with van der Waals surface area (Å²) in [5, 5.41) is 1.88. The van der Waals surface area contributed by atoms with Crippen molar-refractivity contribution in [3.05, 3.63) is 112 Å². The summed E-state index contributed by atoms with van der Waals surface area (Å²) in [6.07, 6.45) is 1.59. The van der Waals surface area contributed by atoms with Crippen molar-refractivity contribution in [1.82, 2.24) is 4.90 Å². The van der Waals surface area contributed by atoms with Crippen LogP contribution >= 0.6 is 23.4 Å². The molecule has 0 saturated carbocycles. The summed E-state index contributed by atoms with van der Waals surface area (Å²) in [6.45, 7) is 0.127. The van der Waals surface area contributed by atoms with Crippen LogP contribution in [0.4, 0.5) is 4.79 Å². The van der Waals surface area contributed by atoms with Crippen molar-refractivity contribution in [3.8, 4) is 5.75 Å². The second kappa shape index (κ2) is 9.81. The van der Waals surface area contributed by atoms with Gasteiger partial charge in [-0.1, -0.05) is 66.2 Å². The number of thioether (sulfide) groups is 1. The average molecular weight is 536 g/mol. The van der Waals surface area contributed by atoms with Gasteiger partial charge in [0.15, 0.2) is 0 Å². The van der Waals surface area contributed by atoms with E-state index in [1.165, 1.54) is 18.2 Å². The van der Waals surface area contributed by atoms with Crippen LogP contribution in [0.15, 0.2) is 101 Å². The van der Waals surface area contributed by atoms with Crippen molar-refractivity contribution in [3.63, 3.8) is 0 Å². The third-order valence-corrected chi connectivity index (χ3v) is 7.88. The van der Waals surface area contributed by atoms with E-state index in [2.05, 4.69) is 0 Å². The molecule has 0 bridgehead atoms. The zero-order valence-corrected chi connectivity index (χ0v) is 21.0. The van der Waals surface area contributed by atoms with E-state index < -0.39 is 16.0 Å². The first kappa shape index (κ1) is 24.1. The number of amides is 2. The predicted octanol–water partition coefficient (Wildman–Crippen LogP) is 6.50. The molecular formula is C27H18ClNO5S2. The maximum atomic E-state index is 12.8. The average Bonchev–Trinajstić information content (AvgIpc) is 3.12. The zero-order chi connectivity index (χ0) is 25.3. The number of hydrogen-bond donors (Lipinski definition) is 0.